The van der Waals surface area contributed by atoms with E-state index in [1.165, 1.54) is 12.8 Å². The molecular formula is C58H86O6. The number of rotatable bonds is 41. The van der Waals surface area contributed by atoms with Crippen molar-refractivity contribution in [3.05, 3.63) is 158 Å². The van der Waals surface area contributed by atoms with Crippen LogP contribution in [0.1, 0.15) is 168 Å². The summed E-state index contributed by atoms with van der Waals surface area (Å²) in [5, 5.41) is 0. The first-order valence-electron chi connectivity index (χ1n) is 24.6. The lowest BCUT2D eigenvalue weighted by Crippen LogP contribution is -2.30. The smallest absolute Gasteiger partial charge is 0.306 e. The standard InChI is InChI=1S/C58H86O6/c1-4-7-10-13-16-19-22-24-26-28-29-31-32-34-36-39-42-45-48-51-57(60)63-54-55(53-62-56(59)50-47-44-41-38-21-18-15-12-9-6-3)64-58(61)52-49-46-43-40-37-35-33-30-27-25-23-20-17-14-11-8-5-2/h7-8,10-11,14-20,23-27,29-31,33-37,42,45,55H,4-6,9,12-13,21-22,28,32,38-41,43-44,46-54H2,1-3H3/b10-7-,11-8-,17-14-,18-15-,19-16-,23-20-,26-24-,27-25-,31-29-,33-30+,36-34-,37-35-,45-42-. The SMILES string of the molecule is CC\C=C/C=C\C=C/C=C\C=C\C=C/CCCCCC(=O)OC(COC(=O)CC/C=C\C/C=C\C/C=C\C/C=C\C/C=C\C/C=C\CC)COC(=O)CCCCCC/C=C\CCCC. The zero-order chi connectivity index (χ0) is 46.5. The number of unbranched alkanes of at least 4 members (excludes halogenated alkanes) is 9. The summed E-state index contributed by atoms with van der Waals surface area (Å²) in [6.07, 6.45) is 73.8. The van der Waals surface area contributed by atoms with Gasteiger partial charge in [0.25, 0.3) is 0 Å². The van der Waals surface area contributed by atoms with Gasteiger partial charge < -0.3 is 14.2 Å². The van der Waals surface area contributed by atoms with Crippen LogP contribution in [-0.4, -0.2) is 37.2 Å². The first kappa shape index (κ1) is 59.0. The molecule has 0 bridgehead atoms. The van der Waals surface area contributed by atoms with E-state index in [4.69, 9.17) is 14.2 Å². The predicted molar refractivity (Wildman–Crippen MR) is 274 cm³/mol. The minimum atomic E-state index is -0.843. The molecule has 0 spiro atoms. The number of esters is 3. The van der Waals surface area contributed by atoms with Crippen molar-refractivity contribution >= 4 is 17.9 Å². The molecule has 0 N–H and O–H groups in total. The zero-order valence-electron chi connectivity index (χ0n) is 40.2. The second-order valence-corrected chi connectivity index (χ2v) is 15.4. The topological polar surface area (TPSA) is 78.9 Å². The summed E-state index contributed by atoms with van der Waals surface area (Å²) in [4.78, 5) is 37.8. The Labute approximate surface area is 390 Å². The van der Waals surface area contributed by atoms with Crippen LogP contribution in [0.5, 0.6) is 0 Å². The Morgan fingerprint density at radius 1 is 0.344 bits per heavy atom. The van der Waals surface area contributed by atoms with Crippen LogP contribution in [0, 0.1) is 0 Å². The van der Waals surface area contributed by atoms with Crippen LogP contribution in [0.4, 0.5) is 0 Å². The summed E-state index contributed by atoms with van der Waals surface area (Å²) in [5.41, 5.74) is 0. The van der Waals surface area contributed by atoms with Gasteiger partial charge in [-0.3, -0.25) is 14.4 Å². The minimum Gasteiger partial charge on any atom is -0.462 e. The van der Waals surface area contributed by atoms with Gasteiger partial charge in [0.1, 0.15) is 13.2 Å². The maximum absolute atomic E-state index is 12.8. The lowest BCUT2D eigenvalue weighted by atomic mass is 10.1. The number of carbonyl (C=O) groups excluding carboxylic acids is 3. The van der Waals surface area contributed by atoms with Gasteiger partial charge in [-0.05, 0) is 96.3 Å². The van der Waals surface area contributed by atoms with Crippen molar-refractivity contribution in [1.29, 1.82) is 0 Å². The second kappa shape index (κ2) is 50.7. The average molecular weight is 879 g/mol. The summed E-state index contributed by atoms with van der Waals surface area (Å²) >= 11 is 0. The molecule has 354 valence electrons. The van der Waals surface area contributed by atoms with E-state index in [-0.39, 0.29) is 44.0 Å². The molecular weight excluding hydrogens is 793 g/mol. The zero-order valence-corrected chi connectivity index (χ0v) is 40.2. The van der Waals surface area contributed by atoms with Gasteiger partial charge in [0, 0.05) is 19.3 Å². The number of hydrogen-bond donors (Lipinski definition) is 0. The summed E-state index contributed by atoms with van der Waals surface area (Å²) in [5.74, 6) is -1.10. The highest BCUT2D eigenvalue weighted by Crippen LogP contribution is 2.11. The molecule has 0 radical (unpaired) electrons. The summed E-state index contributed by atoms with van der Waals surface area (Å²) in [7, 11) is 0. The van der Waals surface area contributed by atoms with Crippen LogP contribution in [0.3, 0.4) is 0 Å². The molecule has 0 amide bonds. The van der Waals surface area contributed by atoms with Gasteiger partial charge in [-0.1, -0.05) is 211 Å². The van der Waals surface area contributed by atoms with Gasteiger partial charge >= 0.3 is 17.9 Å². The minimum absolute atomic E-state index is 0.134. The van der Waals surface area contributed by atoms with Gasteiger partial charge in [-0.15, -0.1) is 0 Å². The van der Waals surface area contributed by atoms with E-state index in [0.717, 1.165) is 103 Å². The van der Waals surface area contributed by atoms with Crippen LogP contribution < -0.4 is 0 Å². The molecule has 0 heterocycles. The molecule has 6 nitrogen and oxygen atoms in total. The van der Waals surface area contributed by atoms with Crippen LogP contribution in [0.2, 0.25) is 0 Å². The monoisotopic (exact) mass is 879 g/mol. The van der Waals surface area contributed by atoms with Gasteiger partial charge in [0.15, 0.2) is 6.10 Å². The van der Waals surface area contributed by atoms with Crippen molar-refractivity contribution < 1.29 is 28.6 Å². The maximum Gasteiger partial charge on any atom is 0.306 e. The third-order valence-electron chi connectivity index (χ3n) is 9.42. The molecule has 1 unspecified atom stereocenters. The van der Waals surface area contributed by atoms with Crippen molar-refractivity contribution in [1.82, 2.24) is 0 Å². The van der Waals surface area contributed by atoms with Crippen LogP contribution >= 0.6 is 0 Å². The number of allylic oxidation sites excluding steroid dienone is 26. The first-order valence-corrected chi connectivity index (χ1v) is 24.6. The first-order chi connectivity index (χ1) is 31.5. The Morgan fingerprint density at radius 3 is 1.23 bits per heavy atom. The van der Waals surface area contributed by atoms with Crippen LogP contribution in [0.25, 0.3) is 0 Å². The molecule has 0 aliphatic carbocycles. The molecule has 6 heteroatoms. The molecule has 0 fully saturated rings. The molecule has 1 atom stereocenters. The third-order valence-corrected chi connectivity index (χ3v) is 9.42. The lowest BCUT2D eigenvalue weighted by Gasteiger charge is -2.18. The largest absolute Gasteiger partial charge is 0.462 e. The second-order valence-electron chi connectivity index (χ2n) is 15.4. The molecule has 0 aromatic carbocycles. The molecule has 0 aliphatic rings. The highest BCUT2D eigenvalue weighted by Gasteiger charge is 2.19. The van der Waals surface area contributed by atoms with E-state index in [1.807, 2.05) is 72.9 Å². The normalized spacial score (nSPS) is 13.5. The van der Waals surface area contributed by atoms with E-state index in [2.05, 4.69) is 106 Å². The van der Waals surface area contributed by atoms with E-state index < -0.39 is 6.10 Å². The fourth-order valence-electron chi connectivity index (χ4n) is 5.77. The molecule has 0 aromatic rings. The van der Waals surface area contributed by atoms with E-state index in [0.29, 0.717) is 19.3 Å². The van der Waals surface area contributed by atoms with Gasteiger partial charge in [0.05, 0.1) is 0 Å². The van der Waals surface area contributed by atoms with Crippen molar-refractivity contribution in [3.8, 4) is 0 Å². The van der Waals surface area contributed by atoms with E-state index in [9.17, 15) is 14.4 Å². The predicted octanol–water partition coefficient (Wildman–Crippen LogP) is 16.2. The van der Waals surface area contributed by atoms with Crippen molar-refractivity contribution in [2.45, 2.75) is 175 Å². The van der Waals surface area contributed by atoms with Crippen molar-refractivity contribution in [2.24, 2.45) is 0 Å². The average Bonchev–Trinajstić information content (AvgIpc) is 3.29. The third kappa shape index (κ3) is 48.1. The quantitative estimate of drug-likeness (QED) is 0.0200. The van der Waals surface area contributed by atoms with E-state index in [1.54, 1.807) is 0 Å². The van der Waals surface area contributed by atoms with Crippen LogP contribution in [0.15, 0.2) is 158 Å². The van der Waals surface area contributed by atoms with Crippen molar-refractivity contribution in [2.75, 3.05) is 13.2 Å². The molecule has 0 saturated heterocycles. The summed E-state index contributed by atoms with van der Waals surface area (Å²) in [6, 6.07) is 0. The van der Waals surface area contributed by atoms with Crippen LogP contribution in [-0.2, 0) is 28.6 Å². The fourth-order valence-corrected chi connectivity index (χ4v) is 5.77. The van der Waals surface area contributed by atoms with Gasteiger partial charge in [-0.25, -0.2) is 0 Å². The van der Waals surface area contributed by atoms with Crippen molar-refractivity contribution in [3.63, 3.8) is 0 Å². The summed E-state index contributed by atoms with van der Waals surface area (Å²) in [6.45, 7) is 6.18. The Hall–Kier alpha value is -4.97. The molecule has 0 rings (SSSR count). The van der Waals surface area contributed by atoms with Gasteiger partial charge in [0.2, 0.25) is 0 Å². The highest BCUT2D eigenvalue weighted by molar-refractivity contribution is 5.71. The lowest BCUT2D eigenvalue weighted by molar-refractivity contribution is -0.166. The summed E-state index contributed by atoms with van der Waals surface area (Å²) < 4.78 is 16.6. The fraction of sp³-hybridized carbons (Fsp3) is 0.500. The number of hydrogen-bond acceptors (Lipinski definition) is 6. The highest BCUT2D eigenvalue weighted by atomic mass is 16.6. The Morgan fingerprint density at radius 2 is 0.719 bits per heavy atom. The molecule has 0 aliphatic heterocycles. The molecule has 64 heavy (non-hydrogen) atoms. The molecule has 0 saturated carbocycles. The Balaban J connectivity index is 4.63. The number of carbonyl (C=O) groups is 3. The Bertz CT molecular complexity index is 1520. The Kier molecular flexibility index (Phi) is 46.7. The van der Waals surface area contributed by atoms with Gasteiger partial charge in [-0.2, -0.15) is 0 Å². The number of ether oxygens (including phenoxy) is 3. The molecule has 0 aromatic heterocycles. The maximum atomic E-state index is 12.8. The van der Waals surface area contributed by atoms with E-state index >= 15 is 0 Å².